The lowest BCUT2D eigenvalue weighted by atomic mass is 10.1. The minimum absolute atomic E-state index is 0.528. The van der Waals surface area contributed by atoms with Gasteiger partial charge in [-0.05, 0) is 18.6 Å². The molecule has 0 fully saturated rings. The first-order valence-electron chi connectivity index (χ1n) is 4.05. The van der Waals surface area contributed by atoms with Crippen LogP contribution in [0.2, 0.25) is 0 Å². The average molecular weight is 241 g/mol. The summed E-state index contributed by atoms with van der Waals surface area (Å²) in [5, 5.41) is 7.76. The van der Waals surface area contributed by atoms with Gasteiger partial charge >= 0.3 is 0 Å². The highest BCUT2D eigenvalue weighted by molar-refractivity contribution is 9.10. The summed E-state index contributed by atoms with van der Waals surface area (Å²) in [6.45, 7) is 2.03. The first-order valence-corrected chi connectivity index (χ1v) is 4.84. The maximum atomic E-state index is 7.76. The second-order valence-corrected chi connectivity index (χ2v) is 4.06. The third-order valence-electron chi connectivity index (χ3n) is 1.89. The molecule has 0 saturated heterocycles. The van der Waals surface area contributed by atoms with Crippen molar-refractivity contribution >= 4 is 21.8 Å². The topological polar surface area (TPSA) is 27.1 Å². The monoisotopic (exact) mass is 240 g/mol. The van der Waals surface area contributed by atoms with Gasteiger partial charge in [0.2, 0.25) is 0 Å². The molecule has 13 heavy (non-hydrogen) atoms. The number of aryl methyl sites for hydroxylation is 1. The average Bonchev–Trinajstić information content (AvgIpc) is 2.08. The molecule has 0 spiro atoms. The van der Waals surface area contributed by atoms with E-state index in [9.17, 15) is 0 Å². The van der Waals surface area contributed by atoms with E-state index in [0.29, 0.717) is 5.84 Å². The Balaban J connectivity index is 3.04. The Hall–Kier alpha value is -0.830. The molecule has 0 atom stereocenters. The molecule has 1 aromatic rings. The third kappa shape index (κ3) is 2.31. The van der Waals surface area contributed by atoms with Gasteiger partial charge in [-0.25, -0.2) is 0 Å². The zero-order valence-corrected chi connectivity index (χ0v) is 9.64. The molecule has 0 aliphatic carbocycles. The Morgan fingerprint density at radius 3 is 2.46 bits per heavy atom. The van der Waals surface area contributed by atoms with E-state index in [0.717, 1.165) is 10.0 Å². The lowest BCUT2D eigenvalue weighted by Gasteiger charge is -2.14. The highest BCUT2D eigenvalue weighted by Gasteiger charge is 2.04. The quantitative estimate of drug-likeness (QED) is 0.593. The third-order valence-corrected chi connectivity index (χ3v) is 2.75. The second kappa shape index (κ2) is 3.92. The Bertz CT molecular complexity index is 332. The minimum atomic E-state index is 0.528. The van der Waals surface area contributed by atoms with Gasteiger partial charge in [0.25, 0.3) is 0 Å². The van der Waals surface area contributed by atoms with Gasteiger partial charge in [0.1, 0.15) is 5.84 Å². The van der Waals surface area contributed by atoms with Crippen LogP contribution in [0.4, 0.5) is 0 Å². The fourth-order valence-electron chi connectivity index (χ4n) is 0.998. The Morgan fingerprint density at radius 2 is 2.00 bits per heavy atom. The van der Waals surface area contributed by atoms with Crippen molar-refractivity contribution in [2.45, 2.75) is 6.92 Å². The van der Waals surface area contributed by atoms with E-state index < -0.39 is 0 Å². The van der Waals surface area contributed by atoms with E-state index >= 15 is 0 Å². The van der Waals surface area contributed by atoms with E-state index in [1.807, 2.05) is 39.2 Å². The summed E-state index contributed by atoms with van der Waals surface area (Å²) in [4.78, 5) is 1.79. The van der Waals surface area contributed by atoms with Crippen LogP contribution in [0.15, 0.2) is 22.7 Å². The number of rotatable bonds is 1. The van der Waals surface area contributed by atoms with Crippen LogP contribution in [-0.4, -0.2) is 24.8 Å². The Morgan fingerprint density at radius 1 is 1.38 bits per heavy atom. The van der Waals surface area contributed by atoms with E-state index in [4.69, 9.17) is 5.41 Å². The van der Waals surface area contributed by atoms with Crippen molar-refractivity contribution in [2.75, 3.05) is 14.1 Å². The highest BCUT2D eigenvalue weighted by atomic mass is 79.9. The van der Waals surface area contributed by atoms with Crippen LogP contribution in [0.3, 0.4) is 0 Å². The number of nitrogens with zero attached hydrogens (tertiary/aromatic N) is 1. The molecule has 0 unspecified atom stereocenters. The van der Waals surface area contributed by atoms with Gasteiger partial charge < -0.3 is 4.90 Å². The van der Waals surface area contributed by atoms with E-state index in [-0.39, 0.29) is 0 Å². The molecule has 70 valence electrons. The van der Waals surface area contributed by atoms with Crippen LogP contribution in [0.25, 0.3) is 0 Å². The maximum absolute atomic E-state index is 7.76. The molecular formula is C10H13BrN2. The summed E-state index contributed by atoms with van der Waals surface area (Å²) < 4.78 is 1.05. The van der Waals surface area contributed by atoms with Crippen molar-refractivity contribution in [1.29, 1.82) is 5.41 Å². The lowest BCUT2D eigenvalue weighted by molar-refractivity contribution is 0.619. The minimum Gasteiger partial charge on any atom is -0.363 e. The molecule has 2 nitrogen and oxygen atoms in total. The maximum Gasteiger partial charge on any atom is 0.127 e. The fraction of sp³-hybridized carbons (Fsp3) is 0.300. The van der Waals surface area contributed by atoms with Crippen molar-refractivity contribution in [3.8, 4) is 0 Å². The first kappa shape index (κ1) is 10.3. The van der Waals surface area contributed by atoms with Crippen molar-refractivity contribution in [1.82, 2.24) is 4.90 Å². The molecule has 0 radical (unpaired) electrons. The highest BCUT2D eigenvalue weighted by Crippen LogP contribution is 2.17. The molecule has 0 aromatic heterocycles. The molecular weight excluding hydrogens is 228 g/mol. The molecule has 0 aliphatic heterocycles. The molecule has 0 bridgehead atoms. The van der Waals surface area contributed by atoms with Crippen molar-refractivity contribution in [3.05, 3.63) is 33.8 Å². The molecule has 0 heterocycles. The van der Waals surface area contributed by atoms with Crippen LogP contribution in [0.5, 0.6) is 0 Å². The van der Waals surface area contributed by atoms with Gasteiger partial charge in [-0.3, -0.25) is 5.41 Å². The number of hydrogen-bond donors (Lipinski definition) is 1. The summed E-state index contributed by atoms with van der Waals surface area (Å²) in [6, 6.07) is 5.94. The van der Waals surface area contributed by atoms with Crippen molar-refractivity contribution < 1.29 is 0 Å². The number of amidine groups is 1. The van der Waals surface area contributed by atoms with Crippen LogP contribution < -0.4 is 0 Å². The number of hydrogen-bond acceptors (Lipinski definition) is 1. The largest absolute Gasteiger partial charge is 0.363 e. The zero-order valence-electron chi connectivity index (χ0n) is 8.06. The van der Waals surface area contributed by atoms with Gasteiger partial charge in [-0.1, -0.05) is 28.1 Å². The Kier molecular flexibility index (Phi) is 3.09. The molecule has 0 amide bonds. The number of halogens is 1. The van der Waals surface area contributed by atoms with Gasteiger partial charge in [0.15, 0.2) is 0 Å². The van der Waals surface area contributed by atoms with Gasteiger partial charge in [-0.2, -0.15) is 0 Å². The number of nitrogens with one attached hydrogen (secondary N) is 1. The first-order chi connectivity index (χ1) is 6.02. The molecule has 1 N–H and O–H groups in total. The van der Waals surface area contributed by atoms with Gasteiger partial charge in [0.05, 0.1) is 0 Å². The molecule has 1 aromatic carbocycles. The standard InChI is InChI=1S/C10H13BrN2/c1-7-4-5-8(6-9(7)11)10(12)13(2)3/h4-6,12H,1-3H3. The van der Waals surface area contributed by atoms with Crippen LogP contribution in [-0.2, 0) is 0 Å². The molecule has 0 saturated carbocycles. The Labute approximate surface area is 87.2 Å². The molecule has 1 rings (SSSR count). The van der Waals surface area contributed by atoms with Crippen LogP contribution in [0.1, 0.15) is 11.1 Å². The lowest BCUT2D eigenvalue weighted by Crippen LogP contribution is -2.21. The summed E-state index contributed by atoms with van der Waals surface area (Å²) >= 11 is 3.45. The smallest absolute Gasteiger partial charge is 0.127 e. The number of benzene rings is 1. The second-order valence-electron chi connectivity index (χ2n) is 3.21. The van der Waals surface area contributed by atoms with E-state index in [1.165, 1.54) is 5.56 Å². The summed E-state index contributed by atoms with van der Waals surface area (Å²) in [5.74, 6) is 0.528. The fourth-order valence-corrected chi connectivity index (χ4v) is 1.38. The predicted molar refractivity (Wildman–Crippen MR) is 59.4 cm³/mol. The summed E-state index contributed by atoms with van der Waals surface area (Å²) in [6.07, 6.45) is 0. The summed E-state index contributed by atoms with van der Waals surface area (Å²) in [7, 11) is 3.74. The normalized spacial score (nSPS) is 9.85. The van der Waals surface area contributed by atoms with E-state index in [1.54, 1.807) is 4.90 Å². The van der Waals surface area contributed by atoms with Crippen LogP contribution >= 0.6 is 15.9 Å². The van der Waals surface area contributed by atoms with Gasteiger partial charge in [-0.15, -0.1) is 0 Å². The predicted octanol–water partition coefficient (Wildman–Crippen LogP) is 2.64. The van der Waals surface area contributed by atoms with Crippen molar-refractivity contribution in [2.24, 2.45) is 0 Å². The van der Waals surface area contributed by atoms with Crippen LogP contribution in [0, 0.1) is 12.3 Å². The molecule has 0 aliphatic rings. The van der Waals surface area contributed by atoms with Gasteiger partial charge in [0, 0.05) is 24.1 Å². The zero-order chi connectivity index (χ0) is 10.0. The SMILES string of the molecule is Cc1ccc(C(=N)N(C)C)cc1Br. The molecule has 3 heteroatoms. The van der Waals surface area contributed by atoms with E-state index in [2.05, 4.69) is 15.9 Å². The summed E-state index contributed by atoms with van der Waals surface area (Å²) in [5.41, 5.74) is 2.12. The van der Waals surface area contributed by atoms with Crippen molar-refractivity contribution in [3.63, 3.8) is 0 Å².